The average molecular weight is 424 g/mol. The molecule has 2 rings (SSSR count). The lowest BCUT2D eigenvalue weighted by Crippen LogP contribution is -2.46. The van der Waals surface area contributed by atoms with Gasteiger partial charge in [0.15, 0.2) is 0 Å². The zero-order valence-corrected chi connectivity index (χ0v) is 17.0. The predicted octanol–water partition coefficient (Wildman–Crippen LogP) is 2.00. The summed E-state index contributed by atoms with van der Waals surface area (Å²) >= 11 is 5.77. The predicted molar refractivity (Wildman–Crippen MR) is 107 cm³/mol. The highest BCUT2D eigenvalue weighted by Crippen LogP contribution is 2.17. The molecule has 0 aliphatic rings. The molecule has 0 aromatic heterocycles. The lowest BCUT2D eigenvalue weighted by molar-refractivity contribution is -0.124. The molecule has 9 heteroatoms. The largest absolute Gasteiger partial charge is 0.359 e. The number of carbonyl (C=O) groups is 2. The van der Waals surface area contributed by atoms with E-state index in [1.807, 2.05) is 6.07 Å². The minimum absolute atomic E-state index is 0.00141. The zero-order valence-electron chi connectivity index (χ0n) is 15.5. The molecule has 2 amide bonds. The Labute approximate surface area is 169 Å². The van der Waals surface area contributed by atoms with E-state index < -0.39 is 28.0 Å². The summed E-state index contributed by atoms with van der Waals surface area (Å²) in [6.45, 7) is 1.44. The van der Waals surface area contributed by atoms with Gasteiger partial charge in [-0.25, -0.2) is 8.42 Å². The number of nitrogens with one attached hydrogen (secondary N) is 3. The van der Waals surface area contributed by atoms with E-state index in [0.717, 1.165) is 5.56 Å². The van der Waals surface area contributed by atoms with Crippen molar-refractivity contribution in [3.8, 4) is 0 Å². The van der Waals surface area contributed by atoms with Gasteiger partial charge in [0, 0.05) is 12.1 Å². The Hall–Kier alpha value is -2.42. The molecule has 150 valence electrons. The number of rotatable bonds is 8. The van der Waals surface area contributed by atoms with Crippen LogP contribution in [0.15, 0.2) is 59.5 Å². The van der Waals surface area contributed by atoms with Gasteiger partial charge in [0.1, 0.15) is 0 Å². The molecule has 0 aliphatic heterocycles. The Bertz CT molecular complexity index is 918. The normalized spacial score (nSPS) is 13.4. The third kappa shape index (κ3) is 6.05. The van der Waals surface area contributed by atoms with Crippen LogP contribution in [0.4, 0.5) is 0 Å². The monoisotopic (exact) mass is 423 g/mol. The lowest BCUT2D eigenvalue weighted by atomic mass is 10.0. The molecule has 7 nitrogen and oxygen atoms in total. The average Bonchev–Trinajstić information content (AvgIpc) is 2.67. The number of sulfonamides is 1. The van der Waals surface area contributed by atoms with E-state index in [4.69, 9.17) is 11.6 Å². The number of hydrogen-bond acceptors (Lipinski definition) is 4. The summed E-state index contributed by atoms with van der Waals surface area (Å²) in [5.74, 6) is -0.793. The minimum Gasteiger partial charge on any atom is -0.359 e. The SMILES string of the molecule is CNC(=O)CC(NC(=O)[C@H](C)NS(=O)(=O)c1ccc(Cl)cc1)c1ccccc1. The maximum Gasteiger partial charge on any atom is 0.241 e. The van der Waals surface area contributed by atoms with E-state index in [9.17, 15) is 18.0 Å². The van der Waals surface area contributed by atoms with Crippen LogP contribution in [0.3, 0.4) is 0 Å². The minimum atomic E-state index is -3.90. The third-order valence-corrected chi connectivity index (χ3v) is 5.84. The second kappa shape index (κ2) is 9.68. The highest BCUT2D eigenvalue weighted by Gasteiger charge is 2.25. The van der Waals surface area contributed by atoms with Crippen molar-refractivity contribution in [2.75, 3.05) is 7.05 Å². The van der Waals surface area contributed by atoms with Gasteiger partial charge in [-0.15, -0.1) is 0 Å². The number of hydrogen-bond donors (Lipinski definition) is 3. The van der Waals surface area contributed by atoms with Crippen LogP contribution in [0.2, 0.25) is 5.02 Å². The Morgan fingerprint density at radius 3 is 2.21 bits per heavy atom. The molecule has 0 fully saturated rings. The summed E-state index contributed by atoms with van der Waals surface area (Å²) in [5, 5.41) is 5.66. The van der Waals surface area contributed by atoms with Crippen LogP contribution in [-0.4, -0.2) is 33.3 Å². The van der Waals surface area contributed by atoms with Crippen LogP contribution in [0.1, 0.15) is 24.9 Å². The van der Waals surface area contributed by atoms with Crippen LogP contribution < -0.4 is 15.4 Å². The second-order valence-electron chi connectivity index (χ2n) is 6.15. The van der Waals surface area contributed by atoms with Gasteiger partial charge in [0.05, 0.1) is 23.4 Å². The smallest absolute Gasteiger partial charge is 0.241 e. The Kier molecular flexibility index (Phi) is 7.56. The number of halogens is 1. The maximum atomic E-state index is 12.6. The van der Waals surface area contributed by atoms with Crippen LogP contribution in [0.5, 0.6) is 0 Å². The molecule has 0 aliphatic carbocycles. The van der Waals surface area contributed by atoms with Gasteiger partial charge >= 0.3 is 0 Å². The molecule has 3 N–H and O–H groups in total. The van der Waals surface area contributed by atoms with Gasteiger partial charge in [0.25, 0.3) is 0 Å². The number of amides is 2. The molecule has 2 aromatic rings. The van der Waals surface area contributed by atoms with Crippen molar-refractivity contribution in [3.63, 3.8) is 0 Å². The van der Waals surface area contributed by atoms with Crippen LogP contribution in [-0.2, 0) is 19.6 Å². The van der Waals surface area contributed by atoms with E-state index >= 15 is 0 Å². The van der Waals surface area contributed by atoms with Crippen molar-refractivity contribution >= 4 is 33.4 Å². The standard InChI is InChI=1S/C19H22ClN3O4S/c1-13(23-28(26,27)16-10-8-15(20)9-11-16)19(25)22-17(12-18(24)21-2)14-6-4-3-5-7-14/h3-11,13,17,23H,12H2,1-2H3,(H,21,24)(H,22,25)/t13-,17?/m0/s1. The number of carbonyl (C=O) groups excluding carboxylic acids is 2. The highest BCUT2D eigenvalue weighted by atomic mass is 35.5. The van der Waals surface area contributed by atoms with E-state index in [2.05, 4.69) is 15.4 Å². The third-order valence-electron chi connectivity index (χ3n) is 4.04. The first kappa shape index (κ1) is 21.9. The fourth-order valence-electron chi connectivity index (χ4n) is 2.49. The summed E-state index contributed by atoms with van der Waals surface area (Å²) in [6, 6.07) is 13.0. The molecule has 28 heavy (non-hydrogen) atoms. The molecule has 0 spiro atoms. The van der Waals surface area contributed by atoms with Gasteiger partial charge in [0.2, 0.25) is 21.8 Å². The van der Waals surface area contributed by atoms with Crippen molar-refractivity contribution in [1.82, 2.24) is 15.4 Å². The quantitative estimate of drug-likeness (QED) is 0.604. The molecule has 0 bridgehead atoms. The van der Waals surface area contributed by atoms with Gasteiger partial charge in [-0.05, 0) is 36.8 Å². The zero-order chi connectivity index (χ0) is 20.7. The van der Waals surface area contributed by atoms with E-state index in [1.54, 1.807) is 24.3 Å². The van der Waals surface area contributed by atoms with Crippen LogP contribution in [0, 0.1) is 0 Å². The lowest BCUT2D eigenvalue weighted by Gasteiger charge is -2.21. The molecule has 0 saturated heterocycles. The van der Waals surface area contributed by atoms with E-state index in [1.165, 1.54) is 38.2 Å². The topological polar surface area (TPSA) is 104 Å². The molecule has 0 heterocycles. The molecule has 2 atom stereocenters. The summed E-state index contributed by atoms with van der Waals surface area (Å²) in [5.41, 5.74) is 0.743. The van der Waals surface area contributed by atoms with Crippen LogP contribution in [0.25, 0.3) is 0 Å². The molecule has 2 aromatic carbocycles. The Morgan fingerprint density at radius 1 is 1.04 bits per heavy atom. The summed E-state index contributed by atoms with van der Waals surface area (Å²) < 4.78 is 27.2. The van der Waals surface area contributed by atoms with Gasteiger partial charge in [-0.1, -0.05) is 41.9 Å². The fraction of sp³-hybridized carbons (Fsp3) is 0.263. The molecular formula is C19H22ClN3O4S. The van der Waals surface area contributed by atoms with Crippen molar-refractivity contribution in [2.45, 2.75) is 30.3 Å². The number of benzene rings is 2. The van der Waals surface area contributed by atoms with Crippen LogP contribution >= 0.6 is 11.6 Å². The molecular weight excluding hydrogens is 402 g/mol. The van der Waals surface area contributed by atoms with E-state index in [-0.39, 0.29) is 17.2 Å². The fourth-order valence-corrected chi connectivity index (χ4v) is 3.82. The van der Waals surface area contributed by atoms with Crippen molar-refractivity contribution in [2.24, 2.45) is 0 Å². The van der Waals surface area contributed by atoms with E-state index in [0.29, 0.717) is 5.02 Å². The molecule has 0 saturated carbocycles. The first-order valence-electron chi connectivity index (χ1n) is 8.56. The summed E-state index contributed by atoms with van der Waals surface area (Å²) in [4.78, 5) is 24.4. The van der Waals surface area contributed by atoms with Crippen molar-refractivity contribution in [3.05, 3.63) is 65.2 Å². The first-order valence-corrected chi connectivity index (χ1v) is 10.4. The van der Waals surface area contributed by atoms with Gasteiger partial charge < -0.3 is 10.6 Å². The summed E-state index contributed by atoms with van der Waals surface area (Å²) in [6.07, 6.45) is 0.0307. The first-order chi connectivity index (χ1) is 13.2. The molecule has 0 radical (unpaired) electrons. The van der Waals surface area contributed by atoms with Gasteiger partial charge in [-0.3, -0.25) is 9.59 Å². The highest BCUT2D eigenvalue weighted by molar-refractivity contribution is 7.89. The van der Waals surface area contributed by atoms with Crippen molar-refractivity contribution in [1.29, 1.82) is 0 Å². The second-order valence-corrected chi connectivity index (χ2v) is 8.30. The Balaban J connectivity index is 2.11. The summed E-state index contributed by atoms with van der Waals surface area (Å²) in [7, 11) is -2.39. The maximum absolute atomic E-state index is 12.6. The van der Waals surface area contributed by atoms with Crippen molar-refractivity contribution < 1.29 is 18.0 Å². The van der Waals surface area contributed by atoms with Gasteiger partial charge in [-0.2, -0.15) is 4.72 Å². The Morgan fingerprint density at radius 2 is 1.64 bits per heavy atom. The molecule has 1 unspecified atom stereocenters.